The molecule has 0 aliphatic carbocycles. The summed E-state index contributed by atoms with van der Waals surface area (Å²) in [6, 6.07) is 5.07. The van der Waals surface area contributed by atoms with Gasteiger partial charge in [0.2, 0.25) is 0 Å². The molecule has 0 N–H and O–H groups in total. The number of ether oxygens (including phenoxy) is 1. The molecular weight excluding hydrogens is 457 g/mol. The van der Waals surface area contributed by atoms with Crippen molar-refractivity contribution >= 4 is 23.3 Å². The maximum absolute atomic E-state index is 13.9. The van der Waals surface area contributed by atoms with Gasteiger partial charge in [-0.15, -0.1) is 0 Å². The third kappa shape index (κ3) is 5.48. The highest BCUT2D eigenvalue weighted by Gasteiger charge is 2.34. The van der Waals surface area contributed by atoms with Crippen LogP contribution in [0.1, 0.15) is 52.5 Å². The summed E-state index contributed by atoms with van der Waals surface area (Å²) in [6.07, 6.45) is 3.00. The number of halogens is 2. The quantitative estimate of drug-likeness (QED) is 0.573. The molecule has 0 saturated carbocycles. The number of ketones is 1. The van der Waals surface area contributed by atoms with E-state index in [0.717, 1.165) is 42.6 Å². The minimum Gasteiger partial charge on any atom is -0.368 e. The summed E-state index contributed by atoms with van der Waals surface area (Å²) in [6.45, 7) is 9.16. The van der Waals surface area contributed by atoms with Gasteiger partial charge in [0.25, 0.3) is 5.91 Å². The first kappa shape index (κ1) is 24.8. The van der Waals surface area contributed by atoms with Gasteiger partial charge in [-0.1, -0.05) is 11.6 Å². The first-order valence-corrected chi connectivity index (χ1v) is 12.2. The van der Waals surface area contributed by atoms with Crippen LogP contribution in [-0.2, 0) is 22.5 Å². The van der Waals surface area contributed by atoms with E-state index in [0.29, 0.717) is 24.7 Å². The summed E-state index contributed by atoms with van der Waals surface area (Å²) in [5.41, 5.74) is 3.40. The Morgan fingerprint density at radius 2 is 1.97 bits per heavy atom. The summed E-state index contributed by atoms with van der Waals surface area (Å²) in [5.74, 6) is -0.579. The number of rotatable bonds is 6. The molecule has 182 valence electrons. The van der Waals surface area contributed by atoms with Crippen molar-refractivity contribution < 1.29 is 18.7 Å². The van der Waals surface area contributed by atoms with Crippen LogP contribution in [0.2, 0.25) is 5.02 Å². The summed E-state index contributed by atoms with van der Waals surface area (Å²) < 4.78 is 19.5. The van der Waals surface area contributed by atoms with E-state index in [-0.39, 0.29) is 41.5 Å². The molecule has 0 unspecified atom stereocenters. The van der Waals surface area contributed by atoms with Crippen LogP contribution in [0.25, 0.3) is 0 Å². The smallest absolute Gasteiger partial charge is 0.252 e. The third-order valence-electron chi connectivity index (χ3n) is 6.88. The second-order valence-corrected chi connectivity index (χ2v) is 9.79. The first-order valence-electron chi connectivity index (χ1n) is 11.8. The number of Topliss-reactive ketones (excluding diaryl/α,β-unsaturated/α-hetero) is 1. The zero-order chi connectivity index (χ0) is 24.4. The van der Waals surface area contributed by atoms with Gasteiger partial charge in [-0.25, -0.2) is 4.39 Å². The molecule has 2 aromatic rings. The van der Waals surface area contributed by atoms with Crippen molar-refractivity contribution in [3.63, 3.8) is 0 Å². The molecule has 8 heteroatoms. The van der Waals surface area contributed by atoms with Gasteiger partial charge in [0, 0.05) is 62.0 Å². The largest absolute Gasteiger partial charge is 0.368 e. The van der Waals surface area contributed by atoms with Crippen LogP contribution >= 0.6 is 11.6 Å². The molecule has 2 saturated heterocycles. The van der Waals surface area contributed by atoms with E-state index in [1.54, 1.807) is 13.0 Å². The maximum Gasteiger partial charge on any atom is 0.252 e. The van der Waals surface area contributed by atoms with Crippen LogP contribution in [-0.4, -0.2) is 64.9 Å². The second-order valence-electron chi connectivity index (χ2n) is 9.36. The number of nitrogens with zero attached hydrogens (tertiary/aromatic N) is 3. The fraction of sp³-hybridized carbons (Fsp3) is 0.500. The zero-order valence-electron chi connectivity index (χ0n) is 19.9. The lowest BCUT2D eigenvalue weighted by molar-refractivity contribution is -0.145. The van der Waals surface area contributed by atoms with Gasteiger partial charge in [0.05, 0.1) is 5.69 Å². The van der Waals surface area contributed by atoms with E-state index in [4.69, 9.17) is 16.3 Å². The molecule has 0 radical (unpaired) electrons. The minimum atomic E-state index is -0.486. The van der Waals surface area contributed by atoms with E-state index < -0.39 is 5.82 Å². The molecule has 1 aromatic heterocycles. The number of piperazine rings is 1. The molecule has 2 fully saturated rings. The minimum absolute atomic E-state index is 0.0925. The van der Waals surface area contributed by atoms with E-state index in [2.05, 4.69) is 16.8 Å². The Morgan fingerprint density at radius 3 is 2.65 bits per heavy atom. The van der Waals surface area contributed by atoms with Gasteiger partial charge in [-0.3, -0.25) is 19.5 Å². The number of hydrogen-bond donors (Lipinski definition) is 0. The van der Waals surface area contributed by atoms with E-state index >= 15 is 0 Å². The predicted molar refractivity (Wildman–Crippen MR) is 129 cm³/mol. The van der Waals surface area contributed by atoms with Crippen LogP contribution in [0.15, 0.2) is 24.4 Å². The Bertz CT molecular complexity index is 1090. The lowest BCUT2D eigenvalue weighted by Crippen LogP contribution is -2.55. The van der Waals surface area contributed by atoms with Gasteiger partial charge >= 0.3 is 0 Å². The lowest BCUT2D eigenvalue weighted by atomic mass is 9.96. The average molecular weight is 488 g/mol. The fourth-order valence-electron chi connectivity index (χ4n) is 4.78. The molecule has 3 heterocycles. The van der Waals surface area contributed by atoms with Crippen LogP contribution < -0.4 is 0 Å². The van der Waals surface area contributed by atoms with Crippen LogP contribution in [0, 0.1) is 19.7 Å². The number of aryl methyl sites for hydroxylation is 1. The fourth-order valence-corrected chi connectivity index (χ4v) is 5.04. The highest BCUT2D eigenvalue weighted by Crippen LogP contribution is 2.25. The number of pyridine rings is 1. The number of hydrogen-bond acceptors (Lipinski definition) is 5. The molecule has 1 amide bonds. The SMILES string of the molecule is Cc1ncc(C(=O)Cc2cc(Cl)cc(CN3CCN(C(=O)[C@H]4CCCO4)[C@@H](C)C3)c2C)cc1F. The average Bonchev–Trinajstić information content (AvgIpc) is 3.33. The third-order valence-corrected chi connectivity index (χ3v) is 7.10. The number of aromatic nitrogens is 1. The Hall–Kier alpha value is -2.35. The zero-order valence-corrected chi connectivity index (χ0v) is 20.7. The normalized spacial score (nSPS) is 21.1. The van der Waals surface area contributed by atoms with Gasteiger partial charge < -0.3 is 9.64 Å². The number of carbonyl (C=O) groups excluding carboxylic acids is 2. The van der Waals surface area contributed by atoms with Crippen LogP contribution in [0.3, 0.4) is 0 Å². The van der Waals surface area contributed by atoms with Crippen molar-refractivity contribution in [1.82, 2.24) is 14.8 Å². The molecule has 2 aliphatic rings. The van der Waals surface area contributed by atoms with Crippen molar-refractivity contribution in [2.45, 2.75) is 58.7 Å². The Balaban J connectivity index is 1.43. The molecule has 0 spiro atoms. The molecule has 6 nitrogen and oxygen atoms in total. The Morgan fingerprint density at radius 1 is 1.21 bits per heavy atom. The van der Waals surface area contributed by atoms with Crippen LogP contribution in [0.5, 0.6) is 0 Å². The van der Waals surface area contributed by atoms with Gasteiger partial charge in [-0.05, 0) is 68.5 Å². The van der Waals surface area contributed by atoms with Crippen molar-refractivity contribution in [2.75, 3.05) is 26.2 Å². The summed E-state index contributed by atoms with van der Waals surface area (Å²) in [4.78, 5) is 33.8. The topological polar surface area (TPSA) is 62.7 Å². The number of carbonyl (C=O) groups is 2. The summed E-state index contributed by atoms with van der Waals surface area (Å²) in [5, 5.41) is 0.567. The van der Waals surface area contributed by atoms with Gasteiger partial charge in [0.1, 0.15) is 11.9 Å². The molecular formula is C26H31ClFN3O3. The van der Waals surface area contributed by atoms with Crippen molar-refractivity contribution in [2.24, 2.45) is 0 Å². The molecule has 2 atom stereocenters. The van der Waals surface area contributed by atoms with Crippen molar-refractivity contribution in [3.05, 3.63) is 63.2 Å². The molecule has 2 aliphatic heterocycles. The highest BCUT2D eigenvalue weighted by molar-refractivity contribution is 6.30. The summed E-state index contributed by atoms with van der Waals surface area (Å²) in [7, 11) is 0. The van der Waals surface area contributed by atoms with Crippen molar-refractivity contribution in [1.29, 1.82) is 0 Å². The summed E-state index contributed by atoms with van der Waals surface area (Å²) >= 11 is 6.41. The van der Waals surface area contributed by atoms with E-state index in [1.807, 2.05) is 17.9 Å². The predicted octanol–water partition coefficient (Wildman–Crippen LogP) is 4.13. The second kappa shape index (κ2) is 10.5. The number of amides is 1. The molecule has 34 heavy (non-hydrogen) atoms. The monoisotopic (exact) mass is 487 g/mol. The van der Waals surface area contributed by atoms with Gasteiger partial charge in [-0.2, -0.15) is 0 Å². The molecule has 4 rings (SSSR count). The molecule has 0 bridgehead atoms. The standard InChI is InChI=1S/C26H31ClFN3O3/c1-16-14-30(6-7-31(16)26(33)25-5-4-8-34-25)15-21-10-22(27)9-19(17(21)2)12-24(32)20-11-23(28)18(3)29-13-20/h9-11,13,16,25H,4-8,12,14-15H2,1-3H3/t16-,25+/m0/s1. The van der Waals surface area contributed by atoms with Crippen molar-refractivity contribution in [3.8, 4) is 0 Å². The number of benzene rings is 1. The van der Waals surface area contributed by atoms with Crippen LogP contribution in [0.4, 0.5) is 4.39 Å². The Kier molecular flexibility index (Phi) is 7.65. The highest BCUT2D eigenvalue weighted by atomic mass is 35.5. The maximum atomic E-state index is 13.9. The first-order chi connectivity index (χ1) is 16.2. The van der Waals surface area contributed by atoms with E-state index in [9.17, 15) is 14.0 Å². The van der Waals surface area contributed by atoms with Gasteiger partial charge in [0.15, 0.2) is 5.78 Å². The Labute approximate surface area is 205 Å². The molecule has 1 aromatic carbocycles. The van der Waals surface area contributed by atoms with E-state index in [1.165, 1.54) is 12.3 Å². The lowest BCUT2D eigenvalue weighted by Gasteiger charge is -2.41.